The van der Waals surface area contributed by atoms with E-state index < -0.39 is 0 Å². The standard InChI is InChI=1S/C16H19ClN6/c17-13-4-1-5-14(12-13)21-16-19-9-6-15(22-16)18-7-2-10-23-11-3-8-20-23/h1,4-6,8-9,12H,2-3,7,10-11H2,(H2,18,19,21,22). The lowest BCUT2D eigenvalue weighted by Crippen LogP contribution is -2.18. The van der Waals surface area contributed by atoms with E-state index in [2.05, 4.69) is 30.7 Å². The number of anilines is 3. The van der Waals surface area contributed by atoms with Crippen LogP contribution in [-0.2, 0) is 0 Å². The van der Waals surface area contributed by atoms with Crippen molar-refractivity contribution in [2.24, 2.45) is 5.10 Å². The number of hydrogen-bond donors (Lipinski definition) is 2. The molecule has 2 N–H and O–H groups in total. The summed E-state index contributed by atoms with van der Waals surface area (Å²) in [6.07, 6.45) is 5.76. The highest BCUT2D eigenvalue weighted by molar-refractivity contribution is 6.30. The first-order valence-corrected chi connectivity index (χ1v) is 8.04. The maximum absolute atomic E-state index is 5.97. The highest BCUT2D eigenvalue weighted by Crippen LogP contribution is 2.18. The fraction of sp³-hybridized carbons (Fsp3) is 0.312. The van der Waals surface area contributed by atoms with Crippen molar-refractivity contribution in [3.05, 3.63) is 41.6 Å². The highest BCUT2D eigenvalue weighted by atomic mass is 35.5. The Labute approximate surface area is 140 Å². The van der Waals surface area contributed by atoms with Gasteiger partial charge in [0, 0.05) is 49.2 Å². The Kier molecular flexibility index (Phi) is 5.26. The normalized spacial score (nSPS) is 13.3. The van der Waals surface area contributed by atoms with Crippen LogP contribution >= 0.6 is 11.6 Å². The topological polar surface area (TPSA) is 65.4 Å². The van der Waals surface area contributed by atoms with E-state index >= 15 is 0 Å². The maximum atomic E-state index is 5.97. The van der Waals surface area contributed by atoms with Crippen LogP contribution in [0.2, 0.25) is 5.02 Å². The lowest BCUT2D eigenvalue weighted by molar-refractivity contribution is 0.317. The van der Waals surface area contributed by atoms with Gasteiger partial charge in [-0.15, -0.1) is 0 Å². The molecule has 0 amide bonds. The fourth-order valence-corrected chi connectivity index (χ4v) is 2.49. The first kappa shape index (κ1) is 15.6. The quantitative estimate of drug-likeness (QED) is 0.762. The second-order valence-electron chi connectivity index (χ2n) is 5.22. The van der Waals surface area contributed by atoms with Crippen molar-refractivity contribution >= 4 is 35.3 Å². The molecule has 6 nitrogen and oxygen atoms in total. The number of aromatic nitrogens is 2. The summed E-state index contributed by atoms with van der Waals surface area (Å²) in [4.78, 5) is 8.67. The van der Waals surface area contributed by atoms with Gasteiger partial charge in [0.2, 0.25) is 5.95 Å². The van der Waals surface area contributed by atoms with E-state index in [0.29, 0.717) is 11.0 Å². The number of hydrazone groups is 1. The zero-order valence-electron chi connectivity index (χ0n) is 12.7. The zero-order valence-corrected chi connectivity index (χ0v) is 13.5. The van der Waals surface area contributed by atoms with Crippen molar-refractivity contribution in [3.63, 3.8) is 0 Å². The van der Waals surface area contributed by atoms with Gasteiger partial charge in [-0.3, -0.25) is 5.01 Å². The number of nitrogens with zero attached hydrogens (tertiary/aromatic N) is 4. The number of halogens is 1. The minimum absolute atomic E-state index is 0.543. The molecule has 1 aliphatic rings. The average molecular weight is 331 g/mol. The Hall–Kier alpha value is -2.34. The second kappa shape index (κ2) is 7.78. The third-order valence-corrected chi connectivity index (χ3v) is 3.63. The van der Waals surface area contributed by atoms with E-state index in [1.807, 2.05) is 36.5 Å². The van der Waals surface area contributed by atoms with Gasteiger partial charge in [-0.25, -0.2) is 4.98 Å². The Bertz CT molecular complexity index is 675. The molecule has 1 aromatic heterocycles. The smallest absolute Gasteiger partial charge is 0.229 e. The molecule has 1 aromatic carbocycles. The molecule has 7 heteroatoms. The van der Waals surface area contributed by atoms with Gasteiger partial charge in [-0.2, -0.15) is 10.1 Å². The Balaban J connectivity index is 1.49. The third-order valence-electron chi connectivity index (χ3n) is 3.40. The van der Waals surface area contributed by atoms with Crippen molar-refractivity contribution in [2.75, 3.05) is 30.3 Å². The SMILES string of the molecule is Clc1cccc(Nc2nccc(NCCCN3CCC=N3)n2)c1. The van der Waals surface area contributed by atoms with E-state index in [1.165, 1.54) is 0 Å². The molecular formula is C16H19ClN6. The first-order valence-electron chi connectivity index (χ1n) is 7.66. The molecule has 0 spiro atoms. The van der Waals surface area contributed by atoms with E-state index in [0.717, 1.165) is 44.0 Å². The molecule has 0 saturated carbocycles. The third kappa shape index (κ3) is 4.82. The van der Waals surface area contributed by atoms with Gasteiger partial charge in [0.25, 0.3) is 0 Å². The fourth-order valence-electron chi connectivity index (χ4n) is 2.30. The van der Waals surface area contributed by atoms with Gasteiger partial charge in [0.1, 0.15) is 5.82 Å². The van der Waals surface area contributed by atoms with Crippen molar-refractivity contribution in [1.82, 2.24) is 15.0 Å². The van der Waals surface area contributed by atoms with Crippen molar-refractivity contribution < 1.29 is 0 Å². The first-order chi connectivity index (χ1) is 11.3. The molecule has 0 unspecified atom stereocenters. The molecule has 0 atom stereocenters. The Morgan fingerprint density at radius 3 is 3.04 bits per heavy atom. The molecule has 120 valence electrons. The molecule has 0 bridgehead atoms. The van der Waals surface area contributed by atoms with Crippen LogP contribution in [-0.4, -0.2) is 40.8 Å². The van der Waals surface area contributed by atoms with Crippen LogP contribution in [0.3, 0.4) is 0 Å². The minimum Gasteiger partial charge on any atom is -0.370 e. The van der Waals surface area contributed by atoms with Gasteiger partial charge >= 0.3 is 0 Å². The maximum Gasteiger partial charge on any atom is 0.229 e. The molecule has 3 rings (SSSR count). The van der Waals surface area contributed by atoms with Crippen LogP contribution in [0.1, 0.15) is 12.8 Å². The lowest BCUT2D eigenvalue weighted by Gasteiger charge is -2.13. The monoisotopic (exact) mass is 330 g/mol. The number of hydrogen-bond acceptors (Lipinski definition) is 6. The molecular weight excluding hydrogens is 312 g/mol. The molecule has 23 heavy (non-hydrogen) atoms. The summed E-state index contributed by atoms with van der Waals surface area (Å²) in [5.41, 5.74) is 0.863. The van der Waals surface area contributed by atoms with E-state index in [4.69, 9.17) is 11.6 Å². The summed E-state index contributed by atoms with van der Waals surface area (Å²) in [5, 5.41) is 13.5. The van der Waals surface area contributed by atoms with E-state index in [9.17, 15) is 0 Å². The van der Waals surface area contributed by atoms with Crippen LogP contribution in [0, 0.1) is 0 Å². The minimum atomic E-state index is 0.543. The van der Waals surface area contributed by atoms with Crippen LogP contribution in [0.5, 0.6) is 0 Å². The molecule has 2 heterocycles. The van der Waals surface area contributed by atoms with Gasteiger partial charge in [0.05, 0.1) is 0 Å². The van der Waals surface area contributed by atoms with Crippen molar-refractivity contribution in [1.29, 1.82) is 0 Å². The predicted octanol–water partition coefficient (Wildman–Crippen LogP) is 3.37. The summed E-state index contributed by atoms with van der Waals surface area (Å²) in [5.74, 6) is 1.34. The van der Waals surface area contributed by atoms with Crippen LogP contribution < -0.4 is 10.6 Å². The van der Waals surface area contributed by atoms with Gasteiger partial charge in [0.15, 0.2) is 0 Å². The largest absolute Gasteiger partial charge is 0.370 e. The summed E-state index contributed by atoms with van der Waals surface area (Å²) in [7, 11) is 0. The summed E-state index contributed by atoms with van der Waals surface area (Å²) >= 11 is 5.97. The predicted molar refractivity (Wildman–Crippen MR) is 94.6 cm³/mol. The number of benzene rings is 1. The van der Waals surface area contributed by atoms with Gasteiger partial charge < -0.3 is 10.6 Å². The van der Waals surface area contributed by atoms with Crippen molar-refractivity contribution in [2.45, 2.75) is 12.8 Å². The van der Waals surface area contributed by atoms with Crippen molar-refractivity contribution in [3.8, 4) is 0 Å². The zero-order chi connectivity index (χ0) is 15.9. The van der Waals surface area contributed by atoms with Crippen LogP contribution in [0.4, 0.5) is 17.5 Å². The van der Waals surface area contributed by atoms with E-state index in [1.54, 1.807) is 6.20 Å². The molecule has 2 aromatic rings. The second-order valence-corrected chi connectivity index (χ2v) is 5.66. The lowest BCUT2D eigenvalue weighted by atomic mass is 10.3. The van der Waals surface area contributed by atoms with Crippen LogP contribution in [0.25, 0.3) is 0 Å². The molecule has 0 fully saturated rings. The van der Waals surface area contributed by atoms with Gasteiger partial charge in [-0.1, -0.05) is 17.7 Å². The number of nitrogens with one attached hydrogen (secondary N) is 2. The molecule has 0 radical (unpaired) electrons. The van der Waals surface area contributed by atoms with E-state index in [-0.39, 0.29) is 0 Å². The summed E-state index contributed by atoms with van der Waals surface area (Å²) in [6.45, 7) is 2.84. The van der Waals surface area contributed by atoms with Crippen LogP contribution in [0.15, 0.2) is 41.6 Å². The average Bonchev–Trinajstić information content (AvgIpc) is 3.05. The van der Waals surface area contributed by atoms with Gasteiger partial charge in [-0.05, 0) is 30.7 Å². The molecule has 1 aliphatic heterocycles. The number of rotatable bonds is 7. The summed E-state index contributed by atoms with van der Waals surface area (Å²) < 4.78 is 0. The molecule has 0 aliphatic carbocycles. The Morgan fingerprint density at radius 2 is 2.22 bits per heavy atom. The Morgan fingerprint density at radius 1 is 1.26 bits per heavy atom. The molecule has 0 saturated heterocycles. The highest BCUT2D eigenvalue weighted by Gasteiger charge is 2.05. The summed E-state index contributed by atoms with van der Waals surface area (Å²) in [6, 6.07) is 9.33.